The Morgan fingerprint density at radius 2 is 2.21 bits per heavy atom. The van der Waals surface area contributed by atoms with Gasteiger partial charge >= 0.3 is 0 Å². The molecule has 0 spiro atoms. The van der Waals surface area contributed by atoms with E-state index >= 15 is 0 Å². The molecule has 0 saturated carbocycles. The summed E-state index contributed by atoms with van der Waals surface area (Å²) in [6.07, 6.45) is 1.93. The smallest absolute Gasteiger partial charge is 0.254 e. The molecule has 0 unspecified atom stereocenters. The molecule has 0 bridgehead atoms. The first-order chi connectivity index (χ1) is 6.65. The molecule has 1 aromatic rings. The quantitative estimate of drug-likeness (QED) is 0.627. The predicted octanol–water partition coefficient (Wildman–Crippen LogP) is 1.94. The largest absolute Gasteiger partial charge is 0.292 e. The maximum absolute atomic E-state index is 11.2. The average Bonchev–Trinajstić information content (AvgIpc) is 2.61. The summed E-state index contributed by atoms with van der Waals surface area (Å²) in [5, 5.41) is 2.24. The molecule has 1 fully saturated rings. The molecule has 0 atom stereocenters. The number of carbonyl (C=O) groups is 2. The number of nitrogens with one attached hydrogen (secondary N) is 1. The third kappa shape index (κ3) is 1.93. The van der Waals surface area contributed by atoms with Crippen molar-refractivity contribution >= 4 is 45.2 Å². The van der Waals surface area contributed by atoms with Crippen LogP contribution in [-0.4, -0.2) is 11.8 Å². The minimum Gasteiger partial charge on any atom is -0.292 e. The molecule has 14 heavy (non-hydrogen) atoms. The van der Waals surface area contributed by atoms with E-state index in [4.69, 9.17) is 0 Å². The fraction of sp³-hybridized carbons (Fsp3) is 0.111. The second-order valence-corrected chi connectivity index (χ2v) is 5.36. The monoisotopic (exact) mass is 271 g/mol. The van der Waals surface area contributed by atoms with Gasteiger partial charge in [0, 0.05) is 10.5 Å². The Morgan fingerprint density at radius 1 is 1.43 bits per heavy atom. The number of carbonyl (C=O) groups excluding carboxylic acids is 2. The van der Waals surface area contributed by atoms with Crippen LogP contribution in [0.25, 0.3) is 6.08 Å². The van der Waals surface area contributed by atoms with Crippen LogP contribution >= 0.6 is 27.3 Å². The number of imide groups is 1. The first kappa shape index (κ1) is 9.61. The third-order valence-corrected chi connectivity index (χ3v) is 3.38. The molecule has 0 aliphatic carbocycles. The molecule has 72 valence electrons. The normalized spacial score (nSPS) is 19.1. The average molecular weight is 272 g/mol. The molecule has 5 heteroatoms. The van der Waals surface area contributed by atoms with Crippen molar-refractivity contribution in [3.8, 4) is 0 Å². The molecule has 0 aromatic carbocycles. The van der Waals surface area contributed by atoms with Gasteiger partial charge in [0.25, 0.3) is 5.91 Å². The van der Waals surface area contributed by atoms with Gasteiger partial charge in [0.15, 0.2) is 0 Å². The number of halogens is 1. The van der Waals surface area contributed by atoms with Crippen molar-refractivity contribution in [1.82, 2.24) is 5.32 Å². The standard InChI is InChI=1S/C9H6BrNO2S/c10-7-2-1-6(14-7)3-5-4-8(12)11-9(5)13/h1-3H,4H2,(H,11,12,13). The summed E-state index contributed by atoms with van der Waals surface area (Å²) in [5.74, 6) is -0.503. The Kier molecular flexibility index (Phi) is 2.52. The summed E-state index contributed by atoms with van der Waals surface area (Å²) >= 11 is 4.86. The van der Waals surface area contributed by atoms with Crippen molar-refractivity contribution in [2.45, 2.75) is 6.42 Å². The highest BCUT2D eigenvalue weighted by Crippen LogP contribution is 2.25. The third-order valence-electron chi connectivity index (χ3n) is 1.81. The zero-order valence-electron chi connectivity index (χ0n) is 7.04. The zero-order valence-corrected chi connectivity index (χ0v) is 9.44. The lowest BCUT2D eigenvalue weighted by molar-refractivity contribution is -0.124. The van der Waals surface area contributed by atoms with E-state index in [1.54, 1.807) is 6.08 Å². The van der Waals surface area contributed by atoms with Crippen molar-refractivity contribution in [3.63, 3.8) is 0 Å². The summed E-state index contributed by atoms with van der Waals surface area (Å²) in [6, 6.07) is 3.81. The van der Waals surface area contributed by atoms with Crippen LogP contribution in [0.15, 0.2) is 21.5 Å². The minimum absolute atomic E-state index is 0.189. The Bertz CT molecular complexity index is 436. The van der Waals surface area contributed by atoms with Crippen LogP contribution in [0.5, 0.6) is 0 Å². The van der Waals surface area contributed by atoms with E-state index in [1.165, 1.54) is 11.3 Å². The van der Waals surface area contributed by atoms with Crippen molar-refractivity contribution in [1.29, 1.82) is 0 Å². The summed E-state index contributed by atoms with van der Waals surface area (Å²) in [6.45, 7) is 0. The van der Waals surface area contributed by atoms with E-state index in [-0.39, 0.29) is 18.2 Å². The molecule has 1 aromatic heterocycles. The topological polar surface area (TPSA) is 46.2 Å². The molecular weight excluding hydrogens is 266 g/mol. The van der Waals surface area contributed by atoms with Gasteiger partial charge in [-0.2, -0.15) is 0 Å². The molecule has 1 N–H and O–H groups in total. The highest BCUT2D eigenvalue weighted by atomic mass is 79.9. The molecule has 1 aliphatic heterocycles. The molecule has 0 radical (unpaired) electrons. The van der Waals surface area contributed by atoms with Crippen molar-refractivity contribution in [3.05, 3.63) is 26.4 Å². The molecule has 1 aliphatic rings. The Labute approximate surface area is 92.9 Å². The lowest BCUT2D eigenvalue weighted by Gasteiger charge is -1.88. The van der Waals surface area contributed by atoms with Gasteiger partial charge < -0.3 is 0 Å². The van der Waals surface area contributed by atoms with Gasteiger partial charge in [-0.3, -0.25) is 14.9 Å². The second-order valence-electron chi connectivity index (χ2n) is 2.87. The van der Waals surface area contributed by atoms with Crippen LogP contribution in [0.3, 0.4) is 0 Å². The van der Waals surface area contributed by atoms with Gasteiger partial charge in [0.1, 0.15) is 0 Å². The van der Waals surface area contributed by atoms with Gasteiger partial charge in [0.05, 0.1) is 10.2 Å². The lowest BCUT2D eigenvalue weighted by Crippen LogP contribution is -2.19. The van der Waals surface area contributed by atoms with Crippen LogP contribution in [-0.2, 0) is 9.59 Å². The number of hydrogen-bond donors (Lipinski definition) is 1. The lowest BCUT2D eigenvalue weighted by atomic mass is 10.2. The van der Waals surface area contributed by atoms with Crippen LogP contribution in [0.2, 0.25) is 0 Å². The molecule has 3 nitrogen and oxygen atoms in total. The summed E-state index contributed by atoms with van der Waals surface area (Å²) in [5.41, 5.74) is 0.532. The number of hydrogen-bond acceptors (Lipinski definition) is 3. The maximum atomic E-state index is 11.2. The van der Waals surface area contributed by atoms with E-state index in [0.29, 0.717) is 5.57 Å². The summed E-state index contributed by atoms with van der Waals surface area (Å²) < 4.78 is 1.01. The SMILES string of the molecule is O=C1CC(=Cc2ccc(Br)s2)C(=O)N1. The van der Waals surface area contributed by atoms with E-state index < -0.39 is 0 Å². The van der Waals surface area contributed by atoms with Crippen molar-refractivity contribution in [2.75, 3.05) is 0 Å². The fourth-order valence-electron chi connectivity index (χ4n) is 1.20. The molecule has 2 heterocycles. The molecular formula is C9H6BrNO2S. The number of rotatable bonds is 1. The number of thiophene rings is 1. The first-order valence-electron chi connectivity index (χ1n) is 3.95. The highest BCUT2D eigenvalue weighted by Gasteiger charge is 2.23. The van der Waals surface area contributed by atoms with Gasteiger partial charge in [-0.1, -0.05) is 0 Å². The summed E-state index contributed by atoms with van der Waals surface area (Å²) in [7, 11) is 0. The van der Waals surface area contributed by atoms with Crippen LogP contribution < -0.4 is 5.32 Å². The Morgan fingerprint density at radius 3 is 2.71 bits per heavy atom. The van der Waals surface area contributed by atoms with Gasteiger partial charge in [-0.05, 0) is 34.1 Å². The minimum atomic E-state index is -0.278. The Hall–Kier alpha value is -0.940. The van der Waals surface area contributed by atoms with Crippen molar-refractivity contribution in [2.24, 2.45) is 0 Å². The maximum Gasteiger partial charge on any atom is 0.254 e. The van der Waals surface area contributed by atoms with E-state index in [2.05, 4.69) is 21.2 Å². The van der Waals surface area contributed by atoms with E-state index in [1.807, 2.05) is 12.1 Å². The predicted molar refractivity (Wildman–Crippen MR) is 57.8 cm³/mol. The molecule has 2 rings (SSSR count). The van der Waals surface area contributed by atoms with E-state index in [0.717, 1.165) is 8.66 Å². The fourth-order valence-corrected chi connectivity index (χ4v) is 2.59. The van der Waals surface area contributed by atoms with Gasteiger partial charge in [0.2, 0.25) is 5.91 Å². The van der Waals surface area contributed by atoms with Gasteiger partial charge in [-0.25, -0.2) is 0 Å². The van der Waals surface area contributed by atoms with Crippen LogP contribution in [0.1, 0.15) is 11.3 Å². The molecule has 1 saturated heterocycles. The number of amides is 2. The second kappa shape index (κ2) is 3.67. The van der Waals surface area contributed by atoms with Crippen molar-refractivity contribution < 1.29 is 9.59 Å². The first-order valence-corrected chi connectivity index (χ1v) is 5.56. The summed E-state index contributed by atoms with van der Waals surface area (Å²) in [4.78, 5) is 23.0. The van der Waals surface area contributed by atoms with Crippen LogP contribution in [0, 0.1) is 0 Å². The Balaban J connectivity index is 2.27. The van der Waals surface area contributed by atoms with E-state index in [9.17, 15) is 9.59 Å². The van der Waals surface area contributed by atoms with Crippen LogP contribution in [0.4, 0.5) is 0 Å². The zero-order chi connectivity index (χ0) is 10.1. The highest BCUT2D eigenvalue weighted by molar-refractivity contribution is 9.11. The van der Waals surface area contributed by atoms with Gasteiger partial charge in [-0.15, -0.1) is 11.3 Å². The molecule has 2 amide bonds.